The Morgan fingerprint density at radius 1 is 1.14 bits per heavy atom. The van der Waals surface area contributed by atoms with Crippen LogP contribution in [0, 0.1) is 5.92 Å². The fourth-order valence-corrected chi connectivity index (χ4v) is 2.11. The molecule has 0 aliphatic heterocycles. The number of carboxylic acid groups (broad SMARTS) is 1. The lowest BCUT2D eigenvalue weighted by Crippen LogP contribution is -2.51. The summed E-state index contributed by atoms with van der Waals surface area (Å²) in [5, 5.41) is 14.5. The quantitative estimate of drug-likeness (QED) is 0.722. The Morgan fingerprint density at radius 3 is 2.29 bits per heavy atom. The fourth-order valence-electron chi connectivity index (χ4n) is 2.11. The van der Waals surface area contributed by atoms with Crippen LogP contribution < -0.4 is 10.6 Å². The number of urea groups is 1. The zero-order valence-corrected chi connectivity index (χ0v) is 12.8. The van der Waals surface area contributed by atoms with Crippen LogP contribution in [0.2, 0.25) is 0 Å². The Hall–Kier alpha value is -2.04. The predicted molar refractivity (Wildman–Crippen MR) is 82.2 cm³/mol. The number of hydrogen-bond donors (Lipinski definition) is 3. The highest BCUT2D eigenvalue weighted by atomic mass is 16.4. The molecular formula is C16H24N2O3. The topological polar surface area (TPSA) is 78.4 Å². The van der Waals surface area contributed by atoms with Crippen molar-refractivity contribution in [1.82, 2.24) is 10.6 Å². The molecule has 0 bridgehead atoms. The number of hydrogen-bond acceptors (Lipinski definition) is 2. The highest BCUT2D eigenvalue weighted by Gasteiger charge is 2.25. The molecule has 2 unspecified atom stereocenters. The number of aliphatic carboxylic acids is 1. The second-order valence-electron chi connectivity index (χ2n) is 5.41. The van der Waals surface area contributed by atoms with E-state index in [4.69, 9.17) is 5.11 Å². The van der Waals surface area contributed by atoms with Gasteiger partial charge in [0, 0.05) is 6.04 Å². The molecule has 1 rings (SSSR count). The van der Waals surface area contributed by atoms with Gasteiger partial charge in [-0.1, -0.05) is 50.6 Å². The molecule has 1 aromatic rings. The lowest BCUT2D eigenvalue weighted by Gasteiger charge is -2.22. The molecule has 1 aromatic carbocycles. The summed E-state index contributed by atoms with van der Waals surface area (Å²) in [4.78, 5) is 23.1. The van der Waals surface area contributed by atoms with Crippen LogP contribution in [0.25, 0.3) is 0 Å². The van der Waals surface area contributed by atoms with Gasteiger partial charge in [0.15, 0.2) is 0 Å². The van der Waals surface area contributed by atoms with Gasteiger partial charge in [0.25, 0.3) is 0 Å². The summed E-state index contributed by atoms with van der Waals surface area (Å²) in [5.41, 5.74) is 1.13. The summed E-state index contributed by atoms with van der Waals surface area (Å²) < 4.78 is 0. The molecule has 0 heterocycles. The van der Waals surface area contributed by atoms with E-state index in [1.54, 1.807) is 0 Å². The molecular weight excluding hydrogens is 268 g/mol. The first-order valence-corrected chi connectivity index (χ1v) is 7.27. The molecule has 0 aliphatic rings. The maximum Gasteiger partial charge on any atom is 0.326 e. The normalized spacial score (nSPS) is 14.8. The molecule has 0 aromatic heterocycles. The third kappa shape index (κ3) is 5.85. The Kier molecular flexibility index (Phi) is 6.72. The van der Waals surface area contributed by atoms with E-state index in [0.29, 0.717) is 12.8 Å². The molecule has 5 heteroatoms. The van der Waals surface area contributed by atoms with Crippen molar-refractivity contribution in [3.8, 4) is 0 Å². The Labute approximate surface area is 125 Å². The zero-order chi connectivity index (χ0) is 15.8. The summed E-state index contributed by atoms with van der Waals surface area (Å²) >= 11 is 0. The van der Waals surface area contributed by atoms with Gasteiger partial charge in [-0.2, -0.15) is 0 Å². The number of benzene rings is 1. The molecule has 3 atom stereocenters. The monoisotopic (exact) mass is 292 g/mol. The van der Waals surface area contributed by atoms with E-state index >= 15 is 0 Å². The van der Waals surface area contributed by atoms with Gasteiger partial charge in [0.1, 0.15) is 6.04 Å². The molecule has 5 nitrogen and oxygen atoms in total. The van der Waals surface area contributed by atoms with Crippen molar-refractivity contribution in [3.05, 3.63) is 35.9 Å². The average Bonchev–Trinajstić information content (AvgIpc) is 2.44. The molecule has 3 N–H and O–H groups in total. The third-order valence-electron chi connectivity index (χ3n) is 3.53. The van der Waals surface area contributed by atoms with E-state index < -0.39 is 18.0 Å². The summed E-state index contributed by atoms with van der Waals surface area (Å²) in [6.07, 6.45) is 1.39. The zero-order valence-electron chi connectivity index (χ0n) is 12.8. The molecule has 116 valence electrons. The highest BCUT2D eigenvalue weighted by Crippen LogP contribution is 2.08. The van der Waals surface area contributed by atoms with E-state index in [1.807, 2.05) is 51.1 Å². The number of amides is 2. The van der Waals surface area contributed by atoms with Crippen molar-refractivity contribution in [2.45, 2.75) is 45.7 Å². The summed E-state index contributed by atoms with van der Waals surface area (Å²) in [6.45, 7) is 5.61. The standard InChI is InChI=1S/C16H24N2O3/c1-4-11(2)14(15(19)20)18-16(21)17-12(3)10-13-8-6-5-7-9-13/h5-9,11-12,14H,4,10H2,1-3H3,(H,19,20)(H2,17,18,21)/t11?,12?,14-/m0/s1. The van der Waals surface area contributed by atoms with Crippen LogP contribution in [0.4, 0.5) is 4.79 Å². The summed E-state index contributed by atoms with van der Waals surface area (Å²) in [5.74, 6) is -1.12. The molecule has 0 spiro atoms. The summed E-state index contributed by atoms with van der Waals surface area (Å²) in [7, 11) is 0. The summed E-state index contributed by atoms with van der Waals surface area (Å²) in [6, 6.07) is 8.46. The lowest BCUT2D eigenvalue weighted by molar-refractivity contribution is -0.140. The Bertz CT molecular complexity index is 462. The number of rotatable bonds is 7. The molecule has 21 heavy (non-hydrogen) atoms. The van der Waals surface area contributed by atoms with Crippen molar-refractivity contribution in [2.75, 3.05) is 0 Å². The fraction of sp³-hybridized carbons (Fsp3) is 0.500. The largest absolute Gasteiger partial charge is 0.480 e. The number of carboxylic acids is 1. The number of carbonyl (C=O) groups is 2. The Balaban J connectivity index is 2.50. The lowest BCUT2D eigenvalue weighted by atomic mass is 9.99. The van der Waals surface area contributed by atoms with Gasteiger partial charge in [-0.25, -0.2) is 9.59 Å². The number of carbonyl (C=O) groups excluding carboxylic acids is 1. The second-order valence-corrected chi connectivity index (χ2v) is 5.41. The van der Waals surface area contributed by atoms with Gasteiger partial charge in [-0.05, 0) is 24.8 Å². The smallest absolute Gasteiger partial charge is 0.326 e. The highest BCUT2D eigenvalue weighted by molar-refractivity contribution is 5.82. The molecule has 0 saturated heterocycles. The SMILES string of the molecule is CCC(C)[C@H](NC(=O)NC(C)Cc1ccccc1)C(=O)O. The molecule has 0 aliphatic carbocycles. The van der Waals surface area contributed by atoms with Crippen LogP contribution in [0.3, 0.4) is 0 Å². The van der Waals surface area contributed by atoms with E-state index in [1.165, 1.54) is 0 Å². The number of nitrogens with one attached hydrogen (secondary N) is 2. The first-order chi connectivity index (χ1) is 9.93. The van der Waals surface area contributed by atoms with Crippen molar-refractivity contribution in [1.29, 1.82) is 0 Å². The minimum absolute atomic E-state index is 0.0706. The van der Waals surface area contributed by atoms with Crippen LogP contribution in [0.15, 0.2) is 30.3 Å². The maximum absolute atomic E-state index is 11.9. The van der Waals surface area contributed by atoms with Crippen molar-refractivity contribution in [3.63, 3.8) is 0 Å². The van der Waals surface area contributed by atoms with Crippen molar-refractivity contribution < 1.29 is 14.7 Å². The molecule has 0 fully saturated rings. The first kappa shape index (κ1) is 17.0. The average molecular weight is 292 g/mol. The van der Waals surface area contributed by atoms with Crippen LogP contribution in [-0.4, -0.2) is 29.2 Å². The third-order valence-corrected chi connectivity index (χ3v) is 3.53. The van der Waals surface area contributed by atoms with Gasteiger partial charge in [-0.15, -0.1) is 0 Å². The molecule has 0 saturated carbocycles. The minimum atomic E-state index is -1.00. The predicted octanol–water partition coefficient (Wildman–Crippen LogP) is 2.42. The van der Waals surface area contributed by atoms with E-state index in [-0.39, 0.29) is 12.0 Å². The minimum Gasteiger partial charge on any atom is -0.480 e. The maximum atomic E-state index is 11.9. The van der Waals surface area contributed by atoms with Gasteiger partial charge in [0.05, 0.1) is 0 Å². The van der Waals surface area contributed by atoms with Gasteiger partial charge in [-0.3, -0.25) is 0 Å². The van der Waals surface area contributed by atoms with Crippen LogP contribution in [0.1, 0.15) is 32.8 Å². The molecule has 0 radical (unpaired) electrons. The Morgan fingerprint density at radius 2 is 1.76 bits per heavy atom. The van der Waals surface area contributed by atoms with Crippen molar-refractivity contribution in [2.24, 2.45) is 5.92 Å². The van der Waals surface area contributed by atoms with E-state index in [2.05, 4.69) is 10.6 Å². The van der Waals surface area contributed by atoms with Crippen LogP contribution >= 0.6 is 0 Å². The first-order valence-electron chi connectivity index (χ1n) is 7.27. The van der Waals surface area contributed by atoms with Crippen LogP contribution in [-0.2, 0) is 11.2 Å². The second kappa shape index (κ2) is 8.29. The molecule has 2 amide bonds. The van der Waals surface area contributed by atoms with E-state index in [9.17, 15) is 9.59 Å². The van der Waals surface area contributed by atoms with Gasteiger partial charge >= 0.3 is 12.0 Å². The van der Waals surface area contributed by atoms with E-state index in [0.717, 1.165) is 5.56 Å². The van der Waals surface area contributed by atoms with Crippen molar-refractivity contribution >= 4 is 12.0 Å². The van der Waals surface area contributed by atoms with Crippen LogP contribution in [0.5, 0.6) is 0 Å². The van der Waals surface area contributed by atoms with Gasteiger partial charge < -0.3 is 15.7 Å². The van der Waals surface area contributed by atoms with Gasteiger partial charge in [0.2, 0.25) is 0 Å².